The van der Waals surface area contributed by atoms with Gasteiger partial charge in [0.1, 0.15) is 0 Å². The molecule has 2 heterocycles. The number of rotatable bonds is 2. The van der Waals surface area contributed by atoms with Crippen molar-refractivity contribution in [3.8, 4) is 0 Å². The Kier molecular flexibility index (Phi) is 4.51. The van der Waals surface area contributed by atoms with Crippen molar-refractivity contribution in [1.82, 2.24) is 10.6 Å². The zero-order valence-electron chi connectivity index (χ0n) is 12.8. The van der Waals surface area contributed by atoms with E-state index in [1.165, 1.54) is 0 Å². The molecule has 0 aromatic rings. The molecule has 1 amide bonds. The molecule has 4 heteroatoms. The van der Waals surface area contributed by atoms with Crippen molar-refractivity contribution in [2.75, 3.05) is 0 Å². The minimum absolute atomic E-state index is 0.0125. The van der Waals surface area contributed by atoms with Crippen LogP contribution in [0.2, 0.25) is 0 Å². The highest BCUT2D eigenvalue weighted by molar-refractivity contribution is 5.80. The van der Waals surface area contributed by atoms with Crippen molar-refractivity contribution in [3.63, 3.8) is 0 Å². The summed E-state index contributed by atoms with van der Waals surface area (Å²) in [5.41, 5.74) is 0. The SMILES string of the molecule is CC1CCC(NC(=O)C2C(C)OC(C)C2C)C(C)N1. The summed E-state index contributed by atoms with van der Waals surface area (Å²) in [5, 5.41) is 6.74. The van der Waals surface area contributed by atoms with Gasteiger partial charge in [0.05, 0.1) is 18.1 Å². The number of nitrogens with one attached hydrogen (secondary N) is 2. The number of hydrogen-bond donors (Lipinski definition) is 2. The molecule has 0 bridgehead atoms. The highest BCUT2D eigenvalue weighted by Gasteiger charge is 2.42. The first-order valence-corrected chi connectivity index (χ1v) is 7.62. The molecule has 2 fully saturated rings. The zero-order valence-corrected chi connectivity index (χ0v) is 12.8. The van der Waals surface area contributed by atoms with E-state index >= 15 is 0 Å². The van der Waals surface area contributed by atoms with Crippen molar-refractivity contribution in [1.29, 1.82) is 0 Å². The lowest BCUT2D eigenvalue weighted by atomic mass is 9.87. The first-order chi connectivity index (χ1) is 8.90. The molecule has 2 aliphatic heterocycles. The molecular formula is C15H28N2O2. The Morgan fingerprint density at radius 3 is 2.32 bits per heavy atom. The molecule has 0 aromatic heterocycles. The van der Waals surface area contributed by atoms with Gasteiger partial charge in [-0.3, -0.25) is 4.79 Å². The molecule has 7 atom stereocenters. The van der Waals surface area contributed by atoms with Crippen molar-refractivity contribution in [2.45, 2.75) is 77.8 Å². The molecule has 110 valence electrons. The number of piperidine rings is 1. The second-order valence-corrected chi connectivity index (χ2v) is 6.48. The van der Waals surface area contributed by atoms with Crippen molar-refractivity contribution in [3.05, 3.63) is 0 Å². The Labute approximate surface area is 116 Å². The van der Waals surface area contributed by atoms with E-state index in [0.717, 1.165) is 12.8 Å². The normalized spacial score (nSPS) is 47.1. The largest absolute Gasteiger partial charge is 0.374 e. The molecule has 0 aromatic carbocycles. The molecule has 0 spiro atoms. The lowest BCUT2D eigenvalue weighted by molar-refractivity contribution is -0.128. The number of carbonyl (C=O) groups is 1. The Morgan fingerprint density at radius 2 is 1.79 bits per heavy atom. The summed E-state index contributed by atoms with van der Waals surface area (Å²) in [6, 6.07) is 1.15. The number of amides is 1. The van der Waals surface area contributed by atoms with Gasteiger partial charge in [0, 0.05) is 18.1 Å². The van der Waals surface area contributed by atoms with Crippen LogP contribution < -0.4 is 10.6 Å². The fourth-order valence-electron chi connectivity index (χ4n) is 3.52. The maximum absolute atomic E-state index is 12.5. The third-order valence-electron chi connectivity index (χ3n) is 4.93. The van der Waals surface area contributed by atoms with Crippen LogP contribution in [0.4, 0.5) is 0 Å². The van der Waals surface area contributed by atoms with Crippen LogP contribution in [-0.2, 0) is 9.53 Å². The molecule has 4 nitrogen and oxygen atoms in total. The predicted octanol–water partition coefficient (Wildman–Crippen LogP) is 1.69. The first-order valence-electron chi connectivity index (χ1n) is 7.62. The van der Waals surface area contributed by atoms with Crippen molar-refractivity contribution >= 4 is 5.91 Å². The van der Waals surface area contributed by atoms with Gasteiger partial charge in [-0.05, 0) is 46.5 Å². The molecule has 0 saturated carbocycles. The highest BCUT2D eigenvalue weighted by atomic mass is 16.5. The lowest BCUT2D eigenvalue weighted by Crippen LogP contribution is -2.56. The first kappa shape index (κ1) is 14.8. The third-order valence-corrected chi connectivity index (χ3v) is 4.93. The molecular weight excluding hydrogens is 240 g/mol. The van der Waals surface area contributed by atoms with Gasteiger partial charge >= 0.3 is 0 Å². The van der Waals surface area contributed by atoms with Gasteiger partial charge in [-0.15, -0.1) is 0 Å². The van der Waals surface area contributed by atoms with E-state index in [2.05, 4.69) is 38.3 Å². The van der Waals surface area contributed by atoms with E-state index in [1.54, 1.807) is 0 Å². The van der Waals surface area contributed by atoms with Gasteiger partial charge in [-0.25, -0.2) is 0 Å². The number of hydrogen-bond acceptors (Lipinski definition) is 3. The Bertz CT molecular complexity index is 334. The van der Waals surface area contributed by atoms with Crippen LogP contribution in [0, 0.1) is 11.8 Å². The van der Waals surface area contributed by atoms with E-state index in [4.69, 9.17) is 4.74 Å². The number of carbonyl (C=O) groups excluding carboxylic acids is 1. The molecule has 2 saturated heterocycles. The van der Waals surface area contributed by atoms with Gasteiger partial charge < -0.3 is 15.4 Å². The second-order valence-electron chi connectivity index (χ2n) is 6.48. The summed E-state index contributed by atoms with van der Waals surface area (Å²) in [6.07, 6.45) is 2.38. The van der Waals surface area contributed by atoms with E-state index in [1.807, 2.05) is 6.92 Å². The maximum atomic E-state index is 12.5. The standard InChI is InChI=1S/C15H28N2O2/c1-8-6-7-13(10(3)16-8)17-15(18)14-9(2)11(4)19-12(14)5/h8-14,16H,6-7H2,1-5H3,(H,17,18). The second kappa shape index (κ2) is 5.80. The molecule has 19 heavy (non-hydrogen) atoms. The quantitative estimate of drug-likeness (QED) is 0.801. The summed E-state index contributed by atoms with van der Waals surface area (Å²) in [7, 11) is 0. The Balaban J connectivity index is 1.94. The average Bonchev–Trinajstić information content (AvgIpc) is 2.57. The van der Waals surface area contributed by atoms with Crippen LogP contribution in [0.25, 0.3) is 0 Å². The average molecular weight is 268 g/mol. The predicted molar refractivity (Wildman–Crippen MR) is 75.9 cm³/mol. The van der Waals surface area contributed by atoms with E-state index in [9.17, 15) is 4.79 Å². The van der Waals surface area contributed by atoms with Crippen LogP contribution in [-0.4, -0.2) is 36.2 Å². The van der Waals surface area contributed by atoms with E-state index in [0.29, 0.717) is 18.0 Å². The molecule has 2 aliphatic rings. The molecule has 2 N–H and O–H groups in total. The van der Waals surface area contributed by atoms with Crippen LogP contribution in [0.15, 0.2) is 0 Å². The lowest BCUT2D eigenvalue weighted by Gasteiger charge is -2.35. The van der Waals surface area contributed by atoms with Gasteiger partial charge in [-0.1, -0.05) is 6.92 Å². The summed E-state index contributed by atoms with van der Waals surface area (Å²) in [6.45, 7) is 10.5. The smallest absolute Gasteiger partial charge is 0.226 e. The van der Waals surface area contributed by atoms with Crippen molar-refractivity contribution < 1.29 is 9.53 Å². The van der Waals surface area contributed by atoms with E-state index < -0.39 is 0 Å². The van der Waals surface area contributed by atoms with Gasteiger partial charge in [0.2, 0.25) is 5.91 Å². The summed E-state index contributed by atoms with van der Waals surface area (Å²) in [5.74, 6) is 0.444. The fourth-order valence-corrected chi connectivity index (χ4v) is 3.52. The maximum Gasteiger partial charge on any atom is 0.226 e. The summed E-state index contributed by atoms with van der Waals surface area (Å²) >= 11 is 0. The Morgan fingerprint density at radius 1 is 1.11 bits per heavy atom. The van der Waals surface area contributed by atoms with Crippen LogP contribution in [0.5, 0.6) is 0 Å². The van der Waals surface area contributed by atoms with Gasteiger partial charge in [0.15, 0.2) is 0 Å². The van der Waals surface area contributed by atoms with Gasteiger partial charge in [-0.2, -0.15) is 0 Å². The topological polar surface area (TPSA) is 50.4 Å². The molecule has 2 rings (SSSR count). The van der Waals surface area contributed by atoms with Gasteiger partial charge in [0.25, 0.3) is 0 Å². The molecule has 0 aliphatic carbocycles. The summed E-state index contributed by atoms with van der Waals surface area (Å²) in [4.78, 5) is 12.5. The Hall–Kier alpha value is -0.610. The minimum atomic E-state index is -0.0125. The third kappa shape index (κ3) is 3.11. The van der Waals surface area contributed by atoms with Crippen LogP contribution in [0.1, 0.15) is 47.5 Å². The molecule has 7 unspecified atom stereocenters. The molecule has 0 radical (unpaired) electrons. The fraction of sp³-hybridized carbons (Fsp3) is 0.933. The number of ether oxygens (including phenoxy) is 1. The van der Waals surface area contributed by atoms with Crippen LogP contribution >= 0.6 is 0 Å². The minimum Gasteiger partial charge on any atom is -0.374 e. The van der Waals surface area contributed by atoms with E-state index in [-0.39, 0.29) is 30.1 Å². The zero-order chi connectivity index (χ0) is 14.2. The monoisotopic (exact) mass is 268 g/mol. The highest BCUT2D eigenvalue weighted by Crippen LogP contribution is 2.32. The summed E-state index contributed by atoms with van der Waals surface area (Å²) < 4.78 is 5.76. The van der Waals surface area contributed by atoms with Crippen molar-refractivity contribution in [2.24, 2.45) is 11.8 Å². The van der Waals surface area contributed by atoms with Crippen LogP contribution in [0.3, 0.4) is 0 Å².